The summed E-state index contributed by atoms with van der Waals surface area (Å²) in [5.74, 6) is -0.295. The molecule has 0 radical (unpaired) electrons. The van der Waals surface area contributed by atoms with E-state index in [-0.39, 0.29) is 11.5 Å². The van der Waals surface area contributed by atoms with E-state index < -0.39 is 4.92 Å². The highest BCUT2D eigenvalue weighted by molar-refractivity contribution is 7.99. The van der Waals surface area contributed by atoms with Crippen LogP contribution in [0.2, 0.25) is 0 Å². The van der Waals surface area contributed by atoms with Gasteiger partial charge in [-0.25, -0.2) is 4.39 Å². The lowest BCUT2D eigenvalue weighted by Gasteiger charge is -2.01. The number of nitro groups is 1. The predicted molar refractivity (Wildman–Crippen MR) is 63.6 cm³/mol. The Morgan fingerprint density at radius 2 is 1.76 bits per heavy atom. The maximum Gasteiger partial charge on any atom is 0.269 e. The van der Waals surface area contributed by atoms with Crippen molar-refractivity contribution in [3.8, 4) is 0 Å². The average Bonchev–Trinajstić information content (AvgIpc) is 2.29. The summed E-state index contributed by atoms with van der Waals surface area (Å²) in [5.41, 5.74) is 0.0496. The molecule has 0 saturated heterocycles. The van der Waals surface area contributed by atoms with Gasteiger partial charge in [0.15, 0.2) is 0 Å². The Morgan fingerprint density at radius 1 is 1.06 bits per heavy atom. The summed E-state index contributed by atoms with van der Waals surface area (Å²) in [6.45, 7) is 0. The van der Waals surface area contributed by atoms with Crippen molar-refractivity contribution >= 4 is 17.4 Å². The fraction of sp³-hybridized carbons (Fsp3) is 0. The summed E-state index contributed by atoms with van der Waals surface area (Å²) < 4.78 is 12.9. The fourth-order valence-corrected chi connectivity index (χ4v) is 2.16. The number of nitrogens with zero attached hydrogens (tertiary/aromatic N) is 1. The van der Waals surface area contributed by atoms with Crippen LogP contribution in [0.3, 0.4) is 0 Å². The van der Waals surface area contributed by atoms with Crippen molar-refractivity contribution < 1.29 is 9.31 Å². The molecule has 3 nitrogen and oxygen atoms in total. The second-order valence-electron chi connectivity index (χ2n) is 3.31. The quantitative estimate of drug-likeness (QED) is 0.612. The lowest BCUT2D eigenvalue weighted by molar-refractivity contribution is -0.384. The van der Waals surface area contributed by atoms with Crippen molar-refractivity contribution in [1.29, 1.82) is 0 Å². The fourth-order valence-electron chi connectivity index (χ4n) is 1.30. The van der Waals surface area contributed by atoms with Crippen LogP contribution in [0.5, 0.6) is 0 Å². The zero-order valence-corrected chi connectivity index (χ0v) is 9.49. The van der Waals surface area contributed by atoms with Crippen molar-refractivity contribution in [2.75, 3.05) is 0 Å². The molecule has 2 rings (SSSR count). The van der Waals surface area contributed by atoms with Gasteiger partial charge in [-0.15, -0.1) is 0 Å². The van der Waals surface area contributed by atoms with Crippen LogP contribution in [-0.2, 0) is 0 Å². The van der Waals surface area contributed by atoms with E-state index in [9.17, 15) is 14.5 Å². The van der Waals surface area contributed by atoms with E-state index in [0.717, 1.165) is 9.79 Å². The smallest absolute Gasteiger partial charge is 0.258 e. The molecular formula is C12H8FNO2S. The third-order valence-corrected chi connectivity index (χ3v) is 3.08. The first-order valence-corrected chi connectivity index (χ1v) is 5.65. The SMILES string of the molecule is O=[N+]([O-])c1ccc(Sc2cccc(F)c2)cc1. The normalized spacial score (nSPS) is 10.2. The van der Waals surface area contributed by atoms with E-state index in [0.29, 0.717) is 0 Å². The number of nitro benzene ring substituents is 1. The average molecular weight is 249 g/mol. The predicted octanol–water partition coefficient (Wildman–Crippen LogP) is 3.89. The minimum Gasteiger partial charge on any atom is -0.258 e. The third kappa shape index (κ3) is 3.04. The largest absolute Gasteiger partial charge is 0.269 e. The van der Waals surface area contributed by atoms with Crippen LogP contribution in [0.1, 0.15) is 0 Å². The monoisotopic (exact) mass is 249 g/mol. The maximum atomic E-state index is 12.9. The van der Waals surface area contributed by atoms with E-state index in [2.05, 4.69) is 0 Å². The lowest BCUT2D eigenvalue weighted by Crippen LogP contribution is -1.86. The molecule has 2 aromatic carbocycles. The van der Waals surface area contributed by atoms with E-state index in [1.165, 1.54) is 36.0 Å². The van der Waals surface area contributed by atoms with Gasteiger partial charge in [0.2, 0.25) is 0 Å². The molecule has 0 aromatic heterocycles. The zero-order valence-electron chi connectivity index (χ0n) is 8.67. The van der Waals surface area contributed by atoms with Gasteiger partial charge in [-0.2, -0.15) is 0 Å². The van der Waals surface area contributed by atoms with Gasteiger partial charge >= 0.3 is 0 Å². The summed E-state index contributed by atoms with van der Waals surface area (Å²) in [6, 6.07) is 12.4. The molecule has 5 heteroatoms. The molecule has 2 aromatic rings. The first kappa shape index (κ1) is 11.6. The summed E-state index contributed by atoms with van der Waals surface area (Å²) in [4.78, 5) is 11.6. The number of rotatable bonds is 3. The highest BCUT2D eigenvalue weighted by Crippen LogP contribution is 2.29. The summed E-state index contributed by atoms with van der Waals surface area (Å²) >= 11 is 1.36. The summed E-state index contributed by atoms with van der Waals surface area (Å²) in [7, 11) is 0. The number of halogens is 1. The van der Waals surface area contributed by atoms with Crippen LogP contribution >= 0.6 is 11.8 Å². The van der Waals surface area contributed by atoms with Crippen molar-refractivity contribution in [3.05, 3.63) is 64.5 Å². The molecule has 0 bridgehead atoms. The molecule has 0 N–H and O–H groups in total. The Bertz CT molecular complexity index is 542. The lowest BCUT2D eigenvalue weighted by atomic mass is 10.3. The molecule has 0 aliphatic carbocycles. The van der Waals surface area contributed by atoms with Crippen molar-refractivity contribution in [1.82, 2.24) is 0 Å². The summed E-state index contributed by atoms with van der Waals surface area (Å²) in [6.07, 6.45) is 0. The number of benzene rings is 2. The van der Waals surface area contributed by atoms with Gasteiger partial charge in [-0.1, -0.05) is 17.8 Å². The van der Waals surface area contributed by atoms with Crippen LogP contribution in [0.4, 0.5) is 10.1 Å². The molecule has 0 fully saturated rings. The molecule has 0 aliphatic heterocycles. The van der Waals surface area contributed by atoms with Crippen molar-refractivity contribution in [2.24, 2.45) is 0 Å². The number of hydrogen-bond acceptors (Lipinski definition) is 3. The first-order chi connectivity index (χ1) is 8.15. The van der Waals surface area contributed by atoms with Crippen LogP contribution in [0.25, 0.3) is 0 Å². The molecule has 0 amide bonds. The van der Waals surface area contributed by atoms with Crippen LogP contribution in [0, 0.1) is 15.9 Å². The molecule has 0 unspecified atom stereocenters. The molecule has 17 heavy (non-hydrogen) atoms. The van der Waals surface area contributed by atoms with Gasteiger partial charge in [0.25, 0.3) is 5.69 Å². The topological polar surface area (TPSA) is 43.1 Å². The number of non-ortho nitro benzene ring substituents is 1. The Balaban J connectivity index is 2.16. The maximum absolute atomic E-state index is 12.9. The molecule has 0 saturated carbocycles. The van der Waals surface area contributed by atoms with Gasteiger partial charge in [0.1, 0.15) is 5.82 Å². The van der Waals surface area contributed by atoms with Crippen LogP contribution in [-0.4, -0.2) is 4.92 Å². The minimum atomic E-state index is -0.448. The Hall–Kier alpha value is -1.88. The van der Waals surface area contributed by atoms with Gasteiger partial charge in [-0.3, -0.25) is 10.1 Å². The van der Waals surface area contributed by atoms with E-state index in [4.69, 9.17) is 0 Å². The molecule has 0 heterocycles. The molecule has 86 valence electrons. The Labute approximate surface area is 101 Å². The molecular weight excluding hydrogens is 241 g/mol. The molecule has 0 atom stereocenters. The molecule has 0 spiro atoms. The highest BCUT2D eigenvalue weighted by Gasteiger charge is 2.05. The van der Waals surface area contributed by atoms with Gasteiger partial charge < -0.3 is 0 Å². The second kappa shape index (κ2) is 4.97. The Kier molecular flexibility index (Phi) is 3.39. The highest BCUT2D eigenvalue weighted by atomic mass is 32.2. The standard InChI is InChI=1S/C12H8FNO2S/c13-9-2-1-3-12(8-9)17-11-6-4-10(5-7-11)14(15)16/h1-8H. The van der Waals surface area contributed by atoms with Crippen molar-refractivity contribution in [3.63, 3.8) is 0 Å². The van der Waals surface area contributed by atoms with E-state index in [1.807, 2.05) is 0 Å². The van der Waals surface area contributed by atoms with Gasteiger partial charge in [0, 0.05) is 21.9 Å². The van der Waals surface area contributed by atoms with Crippen LogP contribution < -0.4 is 0 Å². The number of hydrogen-bond donors (Lipinski definition) is 0. The third-order valence-electron chi connectivity index (χ3n) is 2.08. The second-order valence-corrected chi connectivity index (χ2v) is 4.46. The first-order valence-electron chi connectivity index (χ1n) is 4.83. The summed E-state index contributed by atoms with van der Waals surface area (Å²) in [5, 5.41) is 10.5. The van der Waals surface area contributed by atoms with E-state index >= 15 is 0 Å². The van der Waals surface area contributed by atoms with E-state index in [1.54, 1.807) is 24.3 Å². The van der Waals surface area contributed by atoms with Crippen LogP contribution in [0.15, 0.2) is 58.3 Å². The van der Waals surface area contributed by atoms with Gasteiger partial charge in [-0.05, 0) is 30.3 Å². The van der Waals surface area contributed by atoms with Gasteiger partial charge in [0.05, 0.1) is 4.92 Å². The Morgan fingerprint density at radius 3 is 2.35 bits per heavy atom. The minimum absolute atomic E-state index is 0.0496. The van der Waals surface area contributed by atoms with Crippen molar-refractivity contribution in [2.45, 2.75) is 9.79 Å². The zero-order chi connectivity index (χ0) is 12.3. The molecule has 0 aliphatic rings.